The zero-order valence-electron chi connectivity index (χ0n) is 28.3. The first-order valence-corrected chi connectivity index (χ1v) is 17.4. The van der Waals surface area contributed by atoms with Gasteiger partial charge in [-0.05, 0) is 91.4 Å². The van der Waals surface area contributed by atoms with Crippen molar-refractivity contribution in [3.63, 3.8) is 0 Å². The summed E-state index contributed by atoms with van der Waals surface area (Å²) in [5.74, 6) is 0. The molecule has 1 nitrogen and oxygen atoms in total. The molecular weight excluding hydrogens is 603 g/mol. The zero-order valence-corrected chi connectivity index (χ0v) is 28.3. The minimum absolute atomic E-state index is 0.117. The lowest BCUT2D eigenvalue weighted by Gasteiger charge is -2.30. The van der Waals surface area contributed by atoms with Crippen LogP contribution in [0.4, 0.5) is 17.1 Å². The third kappa shape index (κ3) is 4.94. The summed E-state index contributed by atoms with van der Waals surface area (Å²) in [5.41, 5.74) is 16.0. The van der Waals surface area contributed by atoms with E-state index in [2.05, 4.69) is 207 Å². The van der Waals surface area contributed by atoms with E-state index in [0.717, 1.165) is 17.1 Å². The molecule has 9 rings (SSSR count). The second-order valence-corrected chi connectivity index (χ2v) is 13.7. The fourth-order valence-electron chi connectivity index (χ4n) is 8.02. The topological polar surface area (TPSA) is 3.24 Å². The Balaban J connectivity index is 1.35. The minimum atomic E-state index is -0.117. The van der Waals surface area contributed by atoms with Gasteiger partial charge in [-0.25, -0.2) is 0 Å². The van der Waals surface area contributed by atoms with Crippen molar-refractivity contribution in [2.45, 2.75) is 19.3 Å². The van der Waals surface area contributed by atoms with Gasteiger partial charge in [-0.1, -0.05) is 172 Å². The van der Waals surface area contributed by atoms with Crippen molar-refractivity contribution in [2.75, 3.05) is 4.90 Å². The highest BCUT2D eigenvalue weighted by atomic mass is 15.1. The smallest absolute Gasteiger partial charge is 0.0546 e. The summed E-state index contributed by atoms with van der Waals surface area (Å²) in [4.78, 5) is 2.48. The maximum absolute atomic E-state index is 2.48. The molecule has 0 bridgehead atoms. The van der Waals surface area contributed by atoms with Crippen LogP contribution in [0.1, 0.15) is 25.0 Å². The fraction of sp³-hybridized carbons (Fsp3) is 0.0612. The molecule has 0 radical (unpaired) electrons. The molecule has 0 saturated carbocycles. The van der Waals surface area contributed by atoms with Crippen molar-refractivity contribution < 1.29 is 0 Å². The van der Waals surface area contributed by atoms with E-state index in [1.165, 1.54) is 66.4 Å². The number of anilines is 3. The van der Waals surface area contributed by atoms with Gasteiger partial charge in [-0.2, -0.15) is 0 Å². The number of fused-ring (bicyclic) bond motifs is 4. The van der Waals surface area contributed by atoms with Gasteiger partial charge in [0.1, 0.15) is 0 Å². The molecule has 0 aliphatic heterocycles. The van der Waals surface area contributed by atoms with Crippen LogP contribution in [0.3, 0.4) is 0 Å². The summed E-state index contributed by atoms with van der Waals surface area (Å²) in [6, 6.07) is 68.7. The van der Waals surface area contributed by atoms with Crippen LogP contribution < -0.4 is 4.90 Å². The van der Waals surface area contributed by atoms with Crippen LogP contribution in [-0.4, -0.2) is 0 Å². The van der Waals surface area contributed by atoms with Crippen molar-refractivity contribution in [1.82, 2.24) is 0 Å². The molecule has 0 atom stereocenters. The first-order chi connectivity index (χ1) is 24.6. The molecule has 0 aromatic heterocycles. The predicted molar refractivity (Wildman–Crippen MR) is 213 cm³/mol. The first kappa shape index (κ1) is 29.9. The molecule has 0 unspecified atom stereocenters. The van der Waals surface area contributed by atoms with Crippen LogP contribution in [-0.2, 0) is 5.41 Å². The average molecular weight is 640 g/mol. The molecule has 0 heterocycles. The molecule has 1 heteroatoms. The molecule has 8 aromatic rings. The summed E-state index contributed by atoms with van der Waals surface area (Å²) in [7, 11) is 0. The Morgan fingerprint density at radius 1 is 0.360 bits per heavy atom. The number of hydrogen-bond acceptors (Lipinski definition) is 1. The van der Waals surface area contributed by atoms with Crippen molar-refractivity contribution >= 4 is 27.8 Å². The van der Waals surface area contributed by atoms with Crippen molar-refractivity contribution in [2.24, 2.45) is 0 Å². The third-order valence-corrected chi connectivity index (χ3v) is 10.4. The van der Waals surface area contributed by atoms with Crippen LogP contribution in [0.5, 0.6) is 0 Å². The Bertz CT molecular complexity index is 2490. The summed E-state index contributed by atoms with van der Waals surface area (Å²) in [5, 5.41) is 2.44. The highest BCUT2D eigenvalue weighted by Crippen LogP contribution is 2.52. The second-order valence-electron chi connectivity index (χ2n) is 13.7. The molecule has 0 saturated heterocycles. The highest BCUT2D eigenvalue weighted by Gasteiger charge is 2.36. The maximum Gasteiger partial charge on any atom is 0.0546 e. The standard InChI is InChI=1S/C49H37N/c1-49(2)45-28-15-14-25-40(45)41-30-29-39(32-46(41)49)50(38-24-16-23-37(31-38)34-17-6-3-7-18-34)47-33-44(35-19-8-4-9-20-35)48(36-21-10-5-11-22-36)43-27-13-12-26-42(43)47/h3-33H,1-2H3. The molecule has 8 aromatic carbocycles. The van der Waals surface area contributed by atoms with E-state index in [4.69, 9.17) is 0 Å². The van der Waals surface area contributed by atoms with Crippen LogP contribution in [0.15, 0.2) is 188 Å². The first-order valence-electron chi connectivity index (χ1n) is 17.4. The molecular formula is C49H37N. The lowest BCUT2D eigenvalue weighted by atomic mass is 9.82. The number of nitrogens with zero attached hydrogens (tertiary/aromatic N) is 1. The summed E-state index contributed by atoms with van der Waals surface area (Å²) in [6.07, 6.45) is 0. The quantitative estimate of drug-likeness (QED) is 0.175. The lowest BCUT2D eigenvalue weighted by Crippen LogP contribution is -2.16. The molecule has 1 aliphatic rings. The summed E-state index contributed by atoms with van der Waals surface area (Å²) >= 11 is 0. The van der Waals surface area contributed by atoms with Gasteiger partial charge in [-0.3, -0.25) is 0 Å². The summed E-state index contributed by atoms with van der Waals surface area (Å²) in [6.45, 7) is 4.72. The normalized spacial score (nSPS) is 12.8. The van der Waals surface area contributed by atoms with E-state index in [9.17, 15) is 0 Å². The summed E-state index contributed by atoms with van der Waals surface area (Å²) < 4.78 is 0. The molecule has 0 fully saturated rings. The number of rotatable bonds is 6. The van der Waals surface area contributed by atoms with Gasteiger partial charge in [0.2, 0.25) is 0 Å². The molecule has 238 valence electrons. The zero-order chi connectivity index (χ0) is 33.7. The minimum Gasteiger partial charge on any atom is -0.310 e. The Labute approximate surface area is 294 Å². The second kappa shape index (κ2) is 12.1. The fourth-order valence-corrected chi connectivity index (χ4v) is 8.02. The predicted octanol–water partition coefficient (Wildman–Crippen LogP) is 13.6. The SMILES string of the molecule is CC1(C)c2ccccc2-c2ccc(N(c3cccc(-c4ccccc4)c3)c3cc(-c4ccccc4)c(-c4ccccc4)c4ccccc34)cc21. The van der Waals surface area contributed by atoms with Gasteiger partial charge >= 0.3 is 0 Å². The van der Waals surface area contributed by atoms with Crippen molar-refractivity contribution in [1.29, 1.82) is 0 Å². The molecule has 1 aliphatic carbocycles. The van der Waals surface area contributed by atoms with Gasteiger partial charge in [-0.15, -0.1) is 0 Å². The van der Waals surface area contributed by atoms with Crippen LogP contribution in [0.2, 0.25) is 0 Å². The largest absolute Gasteiger partial charge is 0.310 e. The van der Waals surface area contributed by atoms with Gasteiger partial charge < -0.3 is 4.90 Å². The monoisotopic (exact) mass is 639 g/mol. The van der Waals surface area contributed by atoms with E-state index in [1.807, 2.05) is 0 Å². The van der Waals surface area contributed by atoms with E-state index >= 15 is 0 Å². The maximum atomic E-state index is 2.48. The van der Waals surface area contributed by atoms with E-state index in [-0.39, 0.29) is 5.41 Å². The Kier molecular flexibility index (Phi) is 7.21. The van der Waals surface area contributed by atoms with Gasteiger partial charge in [0.15, 0.2) is 0 Å². The Hall–Kier alpha value is -6.18. The number of benzene rings is 8. The lowest BCUT2D eigenvalue weighted by molar-refractivity contribution is 0.660. The van der Waals surface area contributed by atoms with Gasteiger partial charge in [0.25, 0.3) is 0 Å². The average Bonchev–Trinajstić information content (AvgIpc) is 3.41. The Morgan fingerprint density at radius 2 is 0.920 bits per heavy atom. The van der Waals surface area contributed by atoms with E-state index < -0.39 is 0 Å². The van der Waals surface area contributed by atoms with Crippen LogP contribution in [0, 0.1) is 0 Å². The molecule has 0 amide bonds. The Morgan fingerprint density at radius 3 is 1.66 bits per heavy atom. The molecule has 50 heavy (non-hydrogen) atoms. The number of hydrogen-bond donors (Lipinski definition) is 0. The van der Waals surface area contributed by atoms with Gasteiger partial charge in [0.05, 0.1) is 5.69 Å². The van der Waals surface area contributed by atoms with E-state index in [1.54, 1.807) is 0 Å². The van der Waals surface area contributed by atoms with Crippen molar-refractivity contribution in [3.05, 3.63) is 199 Å². The van der Waals surface area contributed by atoms with Crippen LogP contribution in [0.25, 0.3) is 55.3 Å². The van der Waals surface area contributed by atoms with Crippen molar-refractivity contribution in [3.8, 4) is 44.5 Å². The van der Waals surface area contributed by atoms with Crippen LogP contribution >= 0.6 is 0 Å². The van der Waals surface area contributed by atoms with Gasteiger partial charge in [0, 0.05) is 22.2 Å². The molecule has 0 N–H and O–H groups in total. The van der Waals surface area contributed by atoms with E-state index in [0.29, 0.717) is 0 Å². The third-order valence-electron chi connectivity index (χ3n) is 10.4. The molecule has 0 spiro atoms. The highest BCUT2D eigenvalue weighted by molar-refractivity contribution is 6.11.